The van der Waals surface area contributed by atoms with E-state index in [1.807, 2.05) is 12.1 Å². The van der Waals surface area contributed by atoms with Crippen LogP contribution in [-0.4, -0.2) is 30.0 Å². The molecule has 2 heterocycles. The molecule has 2 aromatic rings. The summed E-state index contributed by atoms with van der Waals surface area (Å²) < 4.78 is 5.23. The van der Waals surface area contributed by atoms with Gasteiger partial charge >= 0.3 is 0 Å². The van der Waals surface area contributed by atoms with Crippen LogP contribution in [0, 0.1) is 0 Å². The van der Waals surface area contributed by atoms with Crippen molar-refractivity contribution in [1.29, 1.82) is 0 Å². The number of aromatic nitrogens is 2. The van der Waals surface area contributed by atoms with E-state index in [4.69, 9.17) is 4.74 Å². The molecule has 1 aromatic carbocycles. The number of methoxy groups -OCH3 is 1. The number of imidazole rings is 1. The molecular weight excluding hydrogens is 276 g/mol. The Bertz CT molecular complexity index is 725. The van der Waals surface area contributed by atoms with Gasteiger partial charge in [-0.3, -0.25) is 4.99 Å². The Morgan fingerprint density at radius 3 is 2.64 bits per heavy atom. The molecule has 0 fully saturated rings. The maximum atomic E-state index is 5.23. The number of hydrogen-bond acceptors (Lipinski definition) is 3. The van der Waals surface area contributed by atoms with E-state index in [2.05, 4.69) is 39.3 Å². The quantitative estimate of drug-likeness (QED) is 0.895. The average molecular weight is 296 g/mol. The van der Waals surface area contributed by atoms with Crippen LogP contribution in [0.1, 0.15) is 30.3 Å². The summed E-state index contributed by atoms with van der Waals surface area (Å²) in [6.07, 6.45) is 3.63. The molecule has 0 aliphatic carbocycles. The lowest BCUT2D eigenvalue weighted by molar-refractivity contribution is 0.415. The molecule has 0 radical (unpaired) electrons. The first-order chi connectivity index (χ1) is 10.7. The summed E-state index contributed by atoms with van der Waals surface area (Å²) in [7, 11) is 3.46. The molecule has 3 rings (SSSR count). The van der Waals surface area contributed by atoms with Gasteiger partial charge in [-0.05, 0) is 55.2 Å². The number of aryl methyl sites for hydroxylation is 1. The standard InChI is InChI=1S/C17H20N4O/c1-11-4-9-14-16(20-10-19-14)17(18-2)21-15(11)12-5-7-13(22-3)8-6-12/h5-8,10H,4,9H2,1-3H3,(H,18,21)(H,19,20). The summed E-state index contributed by atoms with van der Waals surface area (Å²) in [6.45, 7) is 2.15. The van der Waals surface area contributed by atoms with E-state index in [1.165, 1.54) is 5.57 Å². The van der Waals surface area contributed by atoms with Crippen molar-refractivity contribution >= 4 is 11.5 Å². The van der Waals surface area contributed by atoms with Gasteiger partial charge in [-0.25, -0.2) is 4.98 Å². The van der Waals surface area contributed by atoms with Gasteiger partial charge in [-0.1, -0.05) is 0 Å². The highest BCUT2D eigenvalue weighted by Crippen LogP contribution is 2.25. The van der Waals surface area contributed by atoms with E-state index in [1.54, 1.807) is 20.5 Å². The van der Waals surface area contributed by atoms with Gasteiger partial charge in [0.2, 0.25) is 0 Å². The highest BCUT2D eigenvalue weighted by Gasteiger charge is 2.19. The molecule has 0 amide bonds. The Hall–Kier alpha value is -2.56. The molecule has 2 N–H and O–H groups in total. The van der Waals surface area contributed by atoms with Crippen molar-refractivity contribution in [1.82, 2.24) is 15.3 Å². The van der Waals surface area contributed by atoms with Crippen LogP contribution >= 0.6 is 0 Å². The Labute approximate surface area is 130 Å². The fourth-order valence-electron chi connectivity index (χ4n) is 2.68. The van der Waals surface area contributed by atoms with Gasteiger partial charge in [0.15, 0.2) is 5.84 Å². The second-order valence-corrected chi connectivity index (χ2v) is 5.31. The van der Waals surface area contributed by atoms with Crippen molar-refractivity contribution in [2.45, 2.75) is 19.8 Å². The maximum Gasteiger partial charge on any atom is 0.153 e. The van der Waals surface area contributed by atoms with Crippen LogP contribution < -0.4 is 10.1 Å². The minimum Gasteiger partial charge on any atom is -0.497 e. The summed E-state index contributed by atoms with van der Waals surface area (Å²) in [5, 5.41) is 3.46. The lowest BCUT2D eigenvalue weighted by Gasteiger charge is -2.19. The lowest BCUT2D eigenvalue weighted by Crippen LogP contribution is -2.27. The van der Waals surface area contributed by atoms with Crippen LogP contribution in [0.25, 0.3) is 5.70 Å². The predicted molar refractivity (Wildman–Crippen MR) is 88.1 cm³/mol. The number of rotatable bonds is 2. The van der Waals surface area contributed by atoms with Gasteiger partial charge in [-0.15, -0.1) is 0 Å². The van der Waals surface area contributed by atoms with Crippen molar-refractivity contribution < 1.29 is 4.74 Å². The van der Waals surface area contributed by atoms with Gasteiger partial charge in [-0.2, -0.15) is 0 Å². The van der Waals surface area contributed by atoms with Crippen molar-refractivity contribution in [3.05, 3.63) is 53.1 Å². The number of nitrogens with one attached hydrogen (secondary N) is 2. The summed E-state index contributed by atoms with van der Waals surface area (Å²) in [5.41, 5.74) is 5.55. The number of amidine groups is 1. The van der Waals surface area contributed by atoms with Crippen LogP contribution in [0.2, 0.25) is 0 Å². The summed E-state index contributed by atoms with van der Waals surface area (Å²) in [5.74, 6) is 1.65. The smallest absolute Gasteiger partial charge is 0.153 e. The Morgan fingerprint density at radius 2 is 1.95 bits per heavy atom. The van der Waals surface area contributed by atoms with Gasteiger partial charge in [0, 0.05) is 18.4 Å². The highest BCUT2D eigenvalue weighted by molar-refractivity contribution is 6.03. The van der Waals surface area contributed by atoms with E-state index < -0.39 is 0 Å². The first-order valence-corrected chi connectivity index (χ1v) is 7.33. The van der Waals surface area contributed by atoms with Crippen molar-refractivity contribution in [3.63, 3.8) is 0 Å². The van der Waals surface area contributed by atoms with Crippen molar-refractivity contribution in [2.75, 3.05) is 14.2 Å². The number of hydrogen-bond donors (Lipinski definition) is 2. The van der Waals surface area contributed by atoms with E-state index in [0.29, 0.717) is 0 Å². The van der Waals surface area contributed by atoms with Gasteiger partial charge in [0.05, 0.1) is 13.4 Å². The zero-order valence-electron chi connectivity index (χ0n) is 13.1. The molecule has 22 heavy (non-hydrogen) atoms. The zero-order valence-corrected chi connectivity index (χ0v) is 13.1. The second-order valence-electron chi connectivity index (χ2n) is 5.31. The Morgan fingerprint density at radius 1 is 1.18 bits per heavy atom. The summed E-state index contributed by atoms with van der Waals surface area (Å²) in [4.78, 5) is 12.0. The Balaban J connectivity index is 2.00. The molecule has 114 valence electrons. The molecule has 1 aliphatic heterocycles. The molecule has 5 nitrogen and oxygen atoms in total. The third-order valence-electron chi connectivity index (χ3n) is 3.97. The number of H-pyrrole nitrogens is 1. The van der Waals surface area contributed by atoms with Crippen LogP contribution in [0.4, 0.5) is 0 Å². The molecular formula is C17H20N4O. The minimum atomic E-state index is 0.793. The molecule has 5 heteroatoms. The lowest BCUT2D eigenvalue weighted by atomic mass is 9.99. The van der Waals surface area contributed by atoms with Crippen LogP contribution in [0.3, 0.4) is 0 Å². The third-order valence-corrected chi connectivity index (χ3v) is 3.97. The van der Waals surface area contributed by atoms with Crippen LogP contribution in [-0.2, 0) is 6.42 Å². The molecule has 0 saturated heterocycles. The fourth-order valence-corrected chi connectivity index (χ4v) is 2.68. The fraction of sp³-hybridized carbons (Fsp3) is 0.294. The molecule has 0 bridgehead atoms. The molecule has 0 spiro atoms. The highest BCUT2D eigenvalue weighted by atomic mass is 16.5. The number of allylic oxidation sites excluding steroid dienone is 1. The van der Waals surface area contributed by atoms with Gasteiger partial charge < -0.3 is 15.0 Å². The largest absolute Gasteiger partial charge is 0.497 e. The van der Waals surface area contributed by atoms with E-state index >= 15 is 0 Å². The SMILES string of the molecule is CN=C1NC(c2ccc(OC)cc2)=C(C)CCc2[nH]cnc21. The molecule has 0 atom stereocenters. The number of ether oxygens (including phenoxy) is 1. The monoisotopic (exact) mass is 296 g/mol. The first kappa shape index (κ1) is 14.4. The maximum absolute atomic E-state index is 5.23. The Kier molecular flexibility index (Phi) is 3.96. The minimum absolute atomic E-state index is 0.793. The number of fused-ring (bicyclic) bond motifs is 1. The molecule has 1 aliphatic rings. The normalized spacial score (nSPS) is 16.8. The van der Waals surface area contributed by atoms with Crippen LogP contribution in [0.15, 0.2) is 41.2 Å². The summed E-state index contributed by atoms with van der Waals surface area (Å²) in [6, 6.07) is 8.06. The van der Waals surface area contributed by atoms with Gasteiger partial charge in [0.1, 0.15) is 11.4 Å². The summed E-state index contributed by atoms with van der Waals surface area (Å²) >= 11 is 0. The van der Waals surface area contributed by atoms with E-state index in [9.17, 15) is 0 Å². The first-order valence-electron chi connectivity index (χ1n) is 7.33. The predicted octanol–water partition coefficient (Wildman–Crippen LogP) is 2.76. The molecule has 0 unspecified atom stereocenters. The third kappa shape index (κ3) is 2.62. The van der Waals surface area contributed by atoms with Crippen molar-refractivity contribution in [3.8, 4) is 5.75 Å². The zero-order chi connectivity index (χ0) is 15.5. The van der Waals surface area contributed by atoms with Crippen LogP contribution in [0.5, 0.6) is 5.75 Å². The second kappa shape index (κ2) is 6.05. The van der Waals surface area contributed by atoms with E-state index in [0.717, 1.165) is 47.1 Å². The van der Waals surface area contributed by atoms with Gasteiger partial charge in [0.25, 0.3) is 0 Å². The topological polar surface area (TPSA) is 62.3 Å². The molecule has 0 saturated carbocycles. The number of benzene rings is 1. The number of aliphatic imine (C=N–C) groups is 1. The number of nitrogens with zero attached hydrogens (tertiary/aromatic N) is 2. The molecule has 1 aromatic heterocycles. The average Bonchev–Trinajstić information content (AvgIpc) is 3.00. The van der Waals surface area contributed by atoms with E-state index in [-0.39, 0.29) is 0 Å². The van der Waals surface area contributed by atoms with Crippen molar-refractivity contribution in [2.24, 2.45) is 4.99 Å². The number of aromatic amines is 1.